The maximum absolute atomic E-state index is 12.7. The normalized spacial score (nSPS) is 17.9. The van der Waals surface area contributed by atoms with Crippen LogP contribution in [0.15, 0.2) is 18.2 Å². The van der Waals surface area contributed by atoms with Gasteiger partial charge < -0.3 is 10.5 Å². The highest BCUT2D eigenvalue weighted by molar-refractivity contribution is 6.02. The van der Waals surface area contributed by atoms with Gasteiger partial charge in [-0.05, 0) is 29.5 Å². The lowest BCUT2D eigenvalue weighted by molar-refractivity contribution is -0.0816. The molecule has 0 spiro atoms. The van der Waals surface area contributed by atoms with Crippen molar-refractivity contribution in [1.29, 1.82) is 0 Å². The molecular weight excluding hydrogens is 238 g/mol. The third kappa shape index (κ3) is 2.45. The minimum Gasteiger partial charge on any atom is -0.379 e. The fourth-order valence-corrected chi connectivity index (χ4v) is 2.31. The van der Waals surface area contributed by atoms with Crippen molar-refractivity contribution in [2.24, 2.45) is 11.1 Å². The number of hydrogen-bond donors (Lipinski definition) is 1. The number of ether oxygens (including phenoxy) is 1. The van der Waals surface area contributed by atoms with E-state index < -0.39 is 5.41 Å². The Morgan fingerprint density at radius 3 is 2.42 bits per heavy atom. The summed E-state index contributed by atoms with van der Waals surface area (Å²) in [6.07, 6.45) is 0. The Morgan fingerprint density at radius 2 is 2.00 bits per heavy atom. The van der Waals surface area contributed by atoms with Crippen molar-refractivity contribution >= 4 is 5.78 Å². The smallest absolute Gasteiger partial charge is 0.175 e. The number of nitrogens with two attached hydrogens (primary N) is 1. The van der Waals surface area contributed by atoms with Crippen LogP contribution in [0, 0.1) is 12.3 Å². The highest BCUT2D eigenvalue weighted by atomic mass is 16.5. The molecule has 3 nitrogen and oxygen atoms in total. The largest absolute Gasteiger partial charge is 0.379 e. The molecule has 0 unspecified atom stereocenters. The Labute approximate surface area is 115 Å². The summed E-state index contributed by atoms with van der Waals surface area (Å²) < 4.78 is 5.21. The van der Waals surface area contributed by atoms with E-state index in [0.717, 1.165) is 11.1 Å². The maximum atomic E-state index is 12.7. The lowest BCUT2D eigenvalue weighted by Crippen LogP contribution is -2.54. The highest BCUT2D eigenvalue weighted by Crippen LogP contribution is 2.33. The van der Waals surface area contributed by atoms with Gasteiger partial charge in [0.1, 0.15) is 0 Å². The maximum Gasteiger partial charge on any atom is 0.175 e. The van der Waals surface area contributed by atoms with Crippen LogP contribution < -0.4 is 5.73 Å². The first-order valence-electron chi connectivity index (χ1n) is 6.74. The van der Waals surface area contributed by atoms with Crippen LogP contribution in [0.4, 0.5) is 0 Å². The van der Waals surface area contributed by atoms with Crippen LogP contribution in [-0.4, -0.2) is 25.5 Å². The van der Waals surface area contributed by atoms with Gasteiger partial charge in [-0.1, -0.05) is 32.9 Å². The number of aryl methyl sites for hydroxylation is 1. The number of hydrogen-bond acceptors (Lipinski definition) is 3. The number of Topliss-reactive ketones (excluding diaryl/α,β-unsaturated/α-hetero) is 1. The number of benzene rings is 1. The average Bonchev–Trinajstić information content (AvgIpc) is 2.27. The second-order valence-electron chi connectivity index (χ2n) is 6.59. The molecule has 0 aromatic heterocycles. The van der Waals surface area contributed by atoms with Crippen LogP contribution in [0.5, 0.6) is 0 Å². The Morgan fingerprint density at radius 1 is 1.37 bits per heavy atom. The lowest BCUT2D eigenvalue weighted by Gasteiger charge is -2.39. The van der Waals surface area contributed by atoms with E-state index >= 15 is 0 Å². The van der Waals surface area contributed by atoms with Gasteiger partial charge in [0.25, 0.3) is 0 Å². The quantitative estimate of drug-likeness (QED) is 0.850. The van der Waals surface area contributed by atoms with Crippen LogP contribution in [0.3, 0.4) is 0 Å². The zero-order valence-corrected chi connectivity index (χ0v) is 12.2. The van der Waals surface area contributed by atoms with Gasteiger partial charge in [-0.2, -0.15) is 0 Å². The van der Waals surface area contributed by atoms with E-state index in [1.54, 1.807) is 0 Å². The summed E-state index contributed by atoms with van der Waals surface area (Å²) in [4.78, 5) is 12.7. The molecule has 1 aliphatic rings. The zero-order chi connectivity index (χ0) is 14.3. The highest BCUT2D eigenvalue weighted by Gasteiger charge is 2.45. The first kappa shape index (κ1) is 14.2. The Hall–Kier alpha value is -1.19. The van der Waals surface area contributed by atoms with Crippen molar-refractivity contribution in [2.45, 2.75) is 33.1 Å². The van der Waals surface area contributed by atoms with Gasteiger partial charge >= 0.3 is 0 Å². The van der Waals surface area contributed by atoms with Crippen LogP contribution in [0.25, 0.3) is 0 Å². The first-order chi connectivity index (χ1) is 8.80. The minimum absolute atomic E-state index is 0.0364. The van der Waals surface area contributed by atoms with Crippen LogP contribution in [-0.2, 0) is 10.2 Å². The molecule has 1 fully saturated rings. The summed E-state index contributed by atoms with van der Waals surface area (Å²) in [5, 5.41) is 0. The van der Waals surface area contributed by atoms with Gasteiger partial charge in [0.2, 0.25) is 0 Å². The van der Waals surface area contributed by atoms with E-state index in [1.165, 1.54) is 5.56 Å². The van der Waals surface area contributed by atoms with Crippen LogP contribution in [0.2, 0.25) is 0 Å². The second kappa shape index (κ2) is 4.73. The van der Waals surface area contributed by atoms with E-state index in [9.17, 15) is 4.79 Å². The molecule has 0 bridgehead atoms. The molecule has 2 N–H and O–H groups in total. The third-order valence-electron chi connectivity index (χ3n) is 3.98. The minimum atomic E-state index is -0.499. The third-order valence-corrected chi connectivity index (χ3v) is 3.98. The summed E-state index contributed by atoms with van der Waals surface area (Å²) in [5.74, 6) is 0.129. The van der Waals surface area contributed by atoms with E-state index in [4.69, 9.17) is 10.5 Å². The van der Waals surface area contributed by atoms with Crippen molar-refractivity contribution in [2.75, 3.05) is 19.8 Å². The fourth-order valence-electron chi connectivity index (χ4n) is 2.31. The second-order valence-corrected chi connectivity index (χ2v) is 6.59. The number of carbonyl (C=O) groups excluding carboxylic acids is 1. The van der Waals surface area contributed by atoms with Crippen molar-refractivity contribution in [3.05, 3.63) is 34.9 Å². The number of carbonyl (C=O) groups is 1. The Balaban J connectivity index is 2.42. The summed E-state index contributed by atoms with van der Waals surface area (Å²) in [7, 11) is 0. The number of rotatable bonds is 3. The van der Waals surface area contributed by atoms with Crippen molar-refractivity contribution in [3.8, 4) is 0 Å². The standard InChI is InChI=1S/C16H23NO2/c1-11-5-6-12(15(2,3)4)7-13(11)14(18)16(8-17)9-19-10-16/h5-7H,8-10,17H2,1-4H3. The van der Waals surface area contributed by atoms with E-state index in [-0.39, 0.29) is 11.2 Å². The van der Waals surface area contributed by atoms with Crippen LogP contribution >= 0.6 is 0 Å². The van der Waals surface area contributed by atoms with Crippen LogP contribution in [0.1, 0.15) is 42.3 Å². The molecule has 1 heterocycles. The predicted octanol–water partition coefficient (Wildman–Crippen LogP) is 2.45. The first-order valence-corrected chi connectivity index (χ1v) is 6.74. The summed E-state index contributed by atoms with van der Waals surface area (Å²) in [6, 6.07) is 6.14. The molecule has 1 aromatic carbocycles. The SMILES string of the molecule is Cc1ccc(C(C)(C)C)cc1C(=O)C1(CN)COC1. The molecule has 0 radical (unpaired) electrons. The molecule has 1 aromatic rings. The zero-order valence-electron chi connectivity index (χ0n) is 12.2. The van der Waals surface area contributed by atoms with Gasteiger partial charge in [0, 0.05) is 12.1 Å². The summed E-state index contributed by atoms with van der Waals surface area (Å²) >= 11 is 0. The molecule has 0 atom stereocenters. The number of ketones is 1. The molecule has 2 rings (SSSR count). The van der Waals surface area contributed by atoms with E-state index in [1.807, 2.05) is 19.1 Å². The predicted molar refractivity (Wildman–Crippen MR) is 76.5 cm³/mol. The molecule has 104 valence electrons. The topological polar surface area (TPSA) is 52.3 Å². The molecular formula is C16H23NO2. The van der Waals surface area contributed by atoms with Gasteiger partial charge in [0.05, 0.1) is 18.6 Å². The lowest BCUT2D eigenvalue weighted by atomic mass is 9.76. The molecule has 0 amide bonds. The Bertz CT molecular complexity index is 490. The summed E-state index contributed by atoms with van der Waals surface area (Å²) in [6.45, 7) is 9.67. The fraction of sp³-hybridized carbons (Fsp3) is 0.562. The van der Waals surface area contributed by atoms with E-state index in [0.29, 0.717) is 19.8 Å². The Kier molecular flexibility index (Phi) is 3.54. The molecule has 3 heteroatoms. The molecule has 1 aliphatic heterocycles. The summed E-state index contributed by atoms with van der Waals surface area (Å²) in [5.41, 5.74) is 8.30. The molecule has 0 saturated carbocycles. The molecule has 1 saturated heterocycles. The monoisotopic (exact) mass is 261 g/mol. The van der Waals surface area contributed by atoms with Gasteiger partial charge in [-0.3, -0.25) is 4.79 Å². The van der Waals surface area contributed by atoms with Crippen molar-refractivity contribution in [1.82, 2.24) is 0 Å². The molecule has 19 heavy (non-hydrogen) atoms. The van der Waals surface area contributed by atoms with Gasteiger partial charge in [-0.15, -0.1) is 0 Å². The van der Waals surface area contributed by atoms with E-state index in [2.05, 4.69) is 26.8 Å². The van der Waals surface area contributed by atoms with Crippen molar-refractivity contribution in [3.63, 3.8) is 0 Å². The molecule has 0 aliphatic carbocycles. The van der Waals surface area contributed by atoms with Gasteiger partial charge in [0.15, 0.2) is 5.78 Å². The van der Waals surface area contributed by atoms with Crippen molar-refractivity contribution < 1.29 is 9.53 Å². The average molecular weight is 261 g/mol. The van der Waals surface area contributed by atoms with Gasteiger partial charge in [-0.25, -0.2) is 0 Å².